The summed E-state index contributed by atoms with van der Waals surface area (Å²) in [4.78, 5) is 27.5. The molecule has 0 bridgehead atoms. The molecule has 2 aromatic rings. The van der Waals surface area contributed by atoms with Gasteiger partial charge < -0.3 is 10.6 Å². The van der Waals surface area contributed by atoms with Gasteiger partial charge in [0.05, 0.1) is 11.4 Å². The molecule has 0 unspecified atom stereocenters. The number of carbonyl (C=O) groups is 2. The van der Waals surface area contributed by atoms with Crippen molar-refractivity contribution in [1.82, 2.24) is 0 Å². The molecule has 2 aliphatic carbocycles. The second kappa shape index (κ2) is 11.8. The van der Waals surface area contributed by atoms with Gasteiger partial charge in [-0.25, -0.2) is 0 Å². The average Bonchev–Trinajstić information content (AvgIpc) is 2.85. The fourth-order valence-corrected chi connectivity index (χ4v) is 6.85. The third kappa shape index (κ3) is 6.32. The summed E-state index contributed by atoms with van der Waals surface area (Å²) in [5.41, 5.74) is 1.73. The second-order valence-corrected chi connectivity index (χ2v) is 11.0. The molecule has 2 saturated carbocycles. The average molecular weight is 469 g/mol. The van der Waals surface area contributed by atoms with Gasteiger partial charge in [0, 0.05) is 21.6 Å². The molecule has 32 heavy (non-hydrogen) atoms. The summed E-state index contributed by atoms with van der Waals surface area (Å²) in [6.45, 7) is 0. The molecule has 2 aromatic carbocycles. The normalized spacial score (nSPS) is 17.6. The van der Waals surface area contributed by atoms with E-state index in [9.17, 15) is 9.59 Å². The van der Waals surface area contributed by atoms with Gasteiger partial charge in [0.25, 0.3) is 0 Å². The summed E-state index contributed by atoms with van der Waals surface area (Å²) < 4.78 is 0. The van der Waals surface area contributed by atoms with Crippen molar-refractivity contribution in [2.75, 3.05) is 10.6 Å². The van der Waals surface area contributed by atoms with E-state index in [0.29, 0.717) is 0 Å². The van der Waals surface area contributed by atoms with Crippen molar-refractivity contribution in [3.8, 4) is 0 Å². The molecule has 2 amide bonds. The summed E-state index contributed by atoms with van der Waals surface area (Å²) in [6, 6.07) is 15.9. The quantitative estimate of drug-likeness (QED) is 0.413. The molecule has 0 atom stereocenters. The molecule has 2 aliphatic rings. The molecule has 0 aliphatic heterocycles. The Labute approximate surface area is 199 Å². The lowest BCUT2D eigenvalue weighted by molar-refractivity contribution is -0.121. The van der Waals surface area contributed by atoms with Crippen LogP contribution in [0.4, 0.5) is 11.4 Å². The first-order valence-electron chi connectivity index (χ1n) is 11.8. The summed E-state index contributed by atoms with van der Waals surface area (Å²) in [7, 11) is 3.23. The van der Waals surface area contributed by atoms with Crippen molar-refractivity contribution < 1.29 is 9.59 Å². The molecule has 6 heteroatoms. The molecule has 4 rings (SSSR count). The van der Waals surface area contributed by atoms with E-state index in [2.05, 4.69) is 10.6 Å². The van der Waals surface area contributed by atoms with Crippen molar-refractivity contribution in [3.05, 3.63) is 48.5 Å². The predicted octanol–water partition coefficient (Wildman–Crippen LogP) is 7.52. The van der Waals surface area contributed by atoms with Crippen molar-refractivity contribution in [2.45, 2.75) is 74.0 Å². The van der Waals surface area contributed by atoms with E-state index in [0.717, 1.165) is 72.5 Å². The van der Waals surface area contributed by atoms with Gasteiger partial charge in [-0.1, -0.05) is 84.4 Å². The number of hydrogen-bond donors (Lipinski definition) is 2. The first-order chi connectivity index (χ1) is 15.7. The largest absolute Gasteiger partial charge is 0.325 e. The molecular formula is C26H32N2O2S2. The molecular weight excluding hydrogens is 436 g/mol. The van der Waals surface area contributed by atoms with Gasteiger partial charge in [0.15, 0.2) is 0 Å². The van der Waals surface area contributed by atoms with Crippen LogP contribution in [-0.4, -0.2) is 11.8 Å². The Morgan fingerprint density at radius 3 is 1.38 bits per heavy atom. The van der Waals surface area contributed by atoms with Crippen LogP contribution >= 0.6 is 21.6 Å². The van der Waals surface area contributed by atoms with Crippen molar-refractivity contribution >= 4 is 44.8 Å². The Morgan fingerprint density at radius 1 is 0.594 bits per heavy atom. The smallest absolute Gasteiger partial charge is 0.227 e. The van der Waals surface area contributed by atoms with Gasteiger partial charge in [-0.3, -0.25) is 9.59 Å². The summed E-state index contributed by atoms with van der Waals surface area (Å²) in [5.74, 6) is 0.543. The van der Waals surface area contributed by atoms with Gasteiger partial charge >= 0.3 is 0 Å². The minimum absolute atomic E-state index is 0.130. The number of nitrogens with one attached hydrogen (secondary N) is 2. The summed E-state index contributed by atoms with van der Waals surface area (Å²) in [6.07, 6.45) is 11.0. The van der Waals surface area contributed by atoms with E-state index < -0.39 is 0 Å². The Kier molecular flexibility index (Phi) is 8.57. The molecule has 0 aromatic heterocycles. The zero-order valence-electron chi connectivity index (χ0n) is 18.5. The van der Waals surface area contributed by atoms with E-state index in [-0.39, 0.29) is 23.7 Å². The molecule has 4 nitrogen and oxygen atoms in total. The highest BCUT2D eigenvalue weighted by Crippen LogP contribution is 2.44. The lowest BCUT2D eigenvalue weighted by Gasteiger charge is -2.22. The third-order valence-electron chi connectivity index (χ3n) is 6.46. The van der Waals surface area contributed by atoms with Crippen LogP contribution in [-0.2, 0) is 9.59 Å². The van der Waals surface area contributed by atoms with Gasteiger partial charge in [-0.2, -0.15) is 0 Å². The summed E-state index contributed by atoms with van der Waals surface area (Å²) >= 11 is 0. The number of carbonyl (C=O) groups excluding carboxylic acids is 2. The molecule has 2 fully saturated rings. The van der Waals surface area contributed by atoms with Crippen LogP contribution in [0.25, 0.3) is 0 Å². The SMILES string of the molecule is O=C(Nc1ccccc1SSc1ccccc1NC(=O)C1CCCCC1)C1CCCCC1. The first-order valence-corrected chi connectivity index (χ1v) is 14.0. The lowest BCUT2D eigenvalue weighted by atomic mass is 9.88. The van der Waals surface area contributed by atoms with Gasteiger partial charge in [-0.05, 0) is 49.9 Å². The van der Waals surface area contributed by atoms with Gasteiger partial charge in [0.1, 0.15) is 0 Å². The van der Waals surface area contributed by atoms with Crippen LogP contribution in [0.5, 0.6) is 0 Å². The van der Waals surface area contributed by atoms with E-state index in [1.54, 1.807) is 21.6 Å². The highest BCUT2D eigenvalue weighted by atomic mass is 33.1. The van der Waals surface area contributed by atoms with Crippen molar-refractivity contribution in [3.63, 3.8) is 0 Å². The number of anilines is 2. The van der Waals surface area contributed by atoms with Crippen LogP contribution in [0, 0.1) is 11.8 Å². The summed E-state index contributed by atoms with van der Waals surface area (Å²) in [5, 5.41) is 6.33. The van der Waals surface area contributed by atoms with Gasteiger partial charge in [0.2, 0.25) is 11.8 Å². The van der Waals surface area contributed by atoms with Crippen LogP contribution in [0.2, 0.25) is 0 Å². The fourth-order valence-electron chi connectivity index (χ4n) is 4.57. The van der Waals surface area contributed by atoms with Crippen molar-refractivity contribution in [2.24, 2.45) is 11.8 Å². The Balaban J connectivity index is 1.39. The Bertz CT molecular complexity index is 846. The van der Waals surface area contributed by atoms with Crippen LogP contribution in [0.3, 0.4) is 0 Å². The van der Waals surface area contributed by atoms with E-state index in [1.807, 2.05) is 48.5 Å². The van der Waals surface area contributed by atoms with Crippen LogP contribution in [0.1, 0.15) is 64.2 Å². The van der Waals surface area contributed by atoms with E-state index in [4.69, 9.17) is 0 Å². The van der Waals surface area contributed by atoms with Gasteiger partial charge in [-0.15, -0.1) is 0 Å². The second-order valence-electron chi connectivity index (χ2n) is 8.81. The number of rotatable bonds is 7. The maximum Gasteiger partial charge on any atom is 0.227 e. The van der Waals surface area contributed by atoms with E-state index >= 15 is 0 Å². The first kappa shape index (κ1) is 23.2. The number of hydrogen-bond acceptors (Lipinski definition) is 4. The topological polar surface area (TPSA) is 58.2 Å². The fraction of sp³-hybridized carbons (Fsp3) is 0.462. The van der Waals surface area contributed by atoms with Crippen LogP contribution < -0.4 is 10.6 Å². The predicted molar refractivity (Wildman–Crippen MR) is 135 cm³/mol. The molecule has 0 heterocycles. The third-order valence-corrected chi connectivity index (χ3v) is 8.94. The highest BCUT2D eigenvalue weighted by molar-refractivity contribution is 8.76. The monoisotopic (exact) mass is 468 g/mol. The standard InChI is InChI=1S/C26H32N2O2S2/c29-25(19-11-3-1-4-12-19)27-21-15-7-9-17-23(21)31-32-24-18-10-8-16-22(24)28-26(30)20-13-5-2-6-14-20/h7-10,15-20H,1-6,11-14H2,(H,27,29)(H,28,30). The van der Waals surface area contributed by atoms with E-state index in [1.165, 1.54) is 12.8 Å². The Hall–Kier alpha value is -1.92. The minimum Gasteiger partial charge on any atom is -0.325 e. The maximum absolute atomic E-state index is 12.7. The zero-order valence-corrected chi connectivity index (χ0v) is 20.1. The molecule has 0 spiro atoms. The van der Waals surface area contributed by atoms with Crippen molar-refractivity contribution in [1.29, 1.82) is 0 Å². The van der Waals surface area contributed by atoms with Crippen LogP contribution in [0.15, 0.2) is 58.3 Å². The molecule has 0 saturated heterocycles. The Morgan fingerprint density at radius 2 is 0.969 bits per heavy atom. The maximum atomic E-state index is 12.7. The number of amides is 2. The number of para-hydroxylation sites is 2. The zero-order chi connectivity index (χ0) is 22.2. The molecule has 170 valence electrons. The lowest BCUT2D eigenvalue weighted by Crippen LogP contribution is -2.25. The number of benzene rings is 2. The molecule has 0 radical (unpaired) electrons. The molecule has 2 N–H and O–H groups in total. The minimum atomic E-state index is 0.130. The highest BCUT2D eigenvalue weighted by Gasteiger charge is 2.23.